The van der Waals surface area contributed by atoms with E-state index in [-0.39, 0.29) is 21.3 Å². The lowest BCUT2D eigenvalue weighted by Crippen LogP contribution is -2.06. The number of benzene rings is 2. The standard InChI is InChI=1S/C35H42O4S/c1-10-27(14-17-29(11-2)35(7,8)9)28-15-18-31(19-16-28)39-32-21-24-34(25-22-32)40(36,37)33(13-4)23-20-30(12-3)38-26(5)6/h10-26H,1-2H2,3-9H3/b23-20-,27-14+,29-17+,30-12+,33-13+. The zero-order valence-corrected chi connectivity index (χ0v) is 25.6. The SMILES string of the molecule is C=C/C(=C\C=C(/C=C)C(C)(C)C)c1ccc(Oc2ccc(S(=O)(=O)C(/C=C\C(=C/C)OC(C)C)=C/C)cc2)cc1. The molecule has 0 aliphatic carbocycles. The van der Waals surface area contributed by atoms with Crippen molar-refractivity contribution in [2.24, 2.45) is 5.41 Å². The van der Waals surface area contributed by atoms with E-state index >= 15 is 0 Å². The Balaban J connectivity index is 2.20. The van der Waals surface area contributed by atoms with Crippen LogP contribution in [0.1, 0.15) is 54.0 Å². The summed E-state index contributed by atoms with van der Waals surface area (Å²) in [4.78, 5) is 0.370. The molecule has 5 heteroatoms. The second-order valence-electron chi connectivity index (χ2n) is 10.4. The summed E-state index contributed by atoms with van der Waals surface area (Å²) in [7, 11) is -3.70. The topological polar surface area (TPSA) is 52.6 Å². The maximum absolute atomic E-state index is 13.2. The summed E-state index contributed by atoms with van der Waals surface area (Å²) < 4.78 is 38.1. The summed E-state index contributed by atoms with van der Waals surface area (Å²) in [6.45, 7) is 21.7. The van der Waals surface area contributed by atoms with Crippen molar-refractivity contribution in [1.29, 1.82) is 0 Å². The molecule has 212 valence electrons. The molecule has 0 unspecified atom stereocenters. The van der Waals surface area contributed by atoms with Gasteiger partial charge in [0.1, 0.15) is 17.3 Å². The van der Waals surface area contributed by atoms with E-state index in [2.05, 4.69) is 40.0 Å². The van der Waals surface area contributed by atoms with Crippen LogP contribution >= 0.6 is 0 Å². The van der Waals surface area contributed by atoms with Gasteiger partial charge in [-0.25, -0.2) is 8.42 Å². The Morgan fingerprint density at radius 1 is 0.825 bits per heavy atom. The molecule has 0 aliphatic heterocycles. The van der Waals surface area contributed by atoms with E-state index in [9.17, 15) is 8.42 Å². The highest BCUT2D eigenvalue weighted by molar-refractivity contribution is 7.95. The Morgan fingerprint density at radius 3 is 1.85 bits per heavy atom. The molecule has 2 aromatic carbocycles. The van der Waals surface area contributed by atoms with Crippen LogP contribution in [0.3, 0.4) is 0 Å². The normalized spacial score (nSPS) is 14.0. The van der Waals surface area contributed by atoms with Gasteiger partial charge in [-0.05, 0) is 104 Å². The first-order chi connectivity index (χ1) is 18.8. The van der Waals surface area contributed by atoms with Crippen molar-refractivity contribution in [3.05, 3.63) is 132 Å². The Morgan fingerprint density at radius 2 is 1.40 bits per heavy atom. The van der Waals surface area contributed by atoms with E-state index in [4.69, 9.17) is 9.47 Å². The van der Waals surface area contributed by atoms with E-state index in [0.717, 1.165) is 16.7 Å². The predicted molar refractivity (Wildman–Crippen MR) is 169 cm³/mol. The maximum atomic E-state index is 13.2. The smallest absolute Gasteiger partial charge is 0.206 e. The van der Waals surface area contributed by atoms with Crippen LogP contribution < -0.4 is 4.74 Å². The minimum absolute atomic E-state index is 0.000542. The van der Waals surface area contributed by atoms with E-state index in [0.29, 0.717) is 17.3 Å². The van der Waals surface area contributed by atoms with Crippen LogP contribution in [0.4, 0.5) is 0 Å². The van der Waals surface area contributed by atoms with Gasteiger partial charge in [0.2, 0.25) is 9.84 Å². The first-order valence-corrected chi connectivity index (χ1v) is 14.8. The first-order valence-electron chi connectivity index (χ1n) is 13.3. The molecule has 0 saturated heterocycles. The van der Waals surface area contributed by atoms with Gasteiger partial charge in [0.05, 0.1) is 15.9 Å². The summed E-state index contributed by atoms with van der Waals surface area (Å²) in [5, 5.41) is 0. The summed E-state index contributed by atoms with van der Waals surface area (Å²) in [5.74, 6) is 1.79. The third-order valence-electron chi connectivity index (χ3n) is 5.97. The van der Waals surface area contributed by atoms with Crippen molar-refractivity contribution >= 4 is 15.4 Å². The molecular formula is C35H42O4S. The molecule has 0 amide bonds. The lowest BCUT2D eigenvalue weighted by atomic mass is 9.86. The highest BCUT2D eigenvalue weighted by Crippen LogP contribution is 2.29. The molecule has 0 saturated carbocycles. The second kappa shape index (κ2) is 14.5. The number of hydrogen-bond donors (Lipinski definition) is 0. The molecule has 0 heterocycles. The Kier molecular flexibility index (Phi) is 11.8. The maximum Gasteiger partial charge on any atom is 0.206 e. The summed E-state index contributed by atoms with van der Waals surface area (Å²) in [6, 6.07) is 14.1. The lowest BCUT2D eigenvalue weighted by molar-refractivity contribution is 0.157. The van der Waals surface area contributed by atoms with E-state index < -0.39 is 9.84 Å². The molecule has 0 aromatic heterocycles. The zero-order chi connectivity index (χ0) is 29.9. The summed E-state index contributed by atoms with van der Waals surface area (Å²) in [5.41, 5.74) is 3.12. The van der Waals surface area contributed by atoms with Crippen LogP contribution in [0, 0.1) is 5.41 Å². The molecule has 0 bridgehead atoms. The Bertz CT molecular complexity index is 1420. The lowest BCUT2D eigenvalue weighted by Gasteiger charge is -2.19. The van der Waals surface area contributed by atoms with Gasteiger partial charge in [-0.3, -0.25) is 0 Å². The van der Waals surface area contributed by atoms with Crippen molar-refractivity contribution in [1.82, 2.24) is 0 Å². The van der Waals surface area contributed by atoms with Gasteiger partial charge in [-0.2, -0.15) is 0 Å². The van der Waals surface area contributed by atoms with Gasteiger partial charge in [-0.1, -0.05) is 76.4 Å². The van der Waals surface area contributed by atoms with Crippen LogP contribution in [0.15, 0.2) is 131 Å². The molecule has 0 spiro atoms. The van der Waals surface area contributed by atoms with Crippen LogP contribution in [-0.4, -0.2) is 14.5 Å². The quantitative estimate of drug-likeness (QED) is 0.192. The third kappa shape index (κ3) is 9.13. The number of sulfone groups is 1. The second-order valence-corrected chi connectivity index (χ2v) is 12.3. The van der Waals surface area contributed by atoms with Crippen molar-refractivity contribution in [3.8, 4) is 11.5 Å². The number of rotatable bonds is 12. The fraction of sp³-hybridized carbons (Fsp3) is 0.257. The average Bonchev–Trinajstić information content (AvgIpc) is 2.90. The summed E-state index contributed by atoms with van der Waals surface area (Å²) >= 11 is 0. The largest absolute Gasteiger partial charge is 0.491 e. The van der Waals surface area contributed by atoms with Crippen LogP contribution in [0.25, 0.3) is 5.57 Å². The van der Waals surface area contributed by atoms with Crippen LogP contribution in [0.2, 0.25) is 0 Å². The Hall–Kier alpha value is -3.83. The van der Waals surface area contributed by atoms with Gasteiger partial charge in [0.25, 0.3) is 0 Å². The number of ether oxygens (including phenoxy) is 2. The van der Waals surface area contributed by atoms with Crippen molar-refractivity contribution in [2.75, 3.05) is 0 Å². The highest BCUT2D eigenvalue weighted by Gasteiger charge is 2.18. The molecule has 2 rings (SSSR count). The Labute approximate surface area is 241 Å². The van der Waals surface area contributed by atoms with Gasteiger partial charge < -0.3 is 9.47 Å². The number of allylic oxidation sites excluding steroid dienone is 10. The van der Waals surface area contributed by atoms with Gasteiger partial charge in [0, 0.05) is 0 Å². The molecule has 0 radical (unpaired) electrons. The van der Waals surface area contributed by atoms with E-state index in [1.165, 1.54) is 0 Å². The minimum Gasteiger partial charge on any atom is -0.491 e. The molecule has 0 atom stereocenters. The molecule has 40 heavy (non-hydrogen) atoms. The van der Waals surface area contributed by atoms with E-state index in [1.807, 2.05) is 63.3 Å². The van der Waals surface area contributed by atoms with Gasteiger partial charge in [0.15, 0.2) is 0 Å². The van der Waals surface area contributed by atoms with Crippen molar-refractivity contribution in [3.63, 3.8) is 0 Å². The van der Waals surface area contributed by atoms with Crippen molar-refractivity contribution < 1.29 is 17.9 Å². The first kappa shape index (κ1) is 32.4. The molecule has 0 fully saturated rings. The number of hydrogen-bond acceptors (Lipinski definition) is 4. The molecule has 4 nitrogen and oxygen atoms in total. The fourth-order valence-electron chi connectivity index (χ4n) is 3.74. The van der Waals surface area contributed by atoms with E-state index in [1.54, 1.807) is 55.5 Å². The molecule has 0 aliphatic rings. The predicted octanol–water partition coefficient (Wildman–Crippen LogP) is 9.77. The fourth-order valence-corrected chi connectivity index (χ4v) is 5.07. The average molecular weight is 559 g/mol. The van der Waals surface area contributed by atoms with Gasteiger partial charge in [-0.15, -0.1) is 0 Å². The highest BCUT2D eigenvalue weighted by atomic mass is 32.2. The summed E-state index contributed by atoms with van der Waals surface area (Å²) in [6.07, 6.45) is 14.4. The molecule has 2 aromatic rings. The van der Waals surface area contributed by atoms with Crippen LogP contribution in [-0.2, 0) is 14.6 Å². The minimum atomic E-state index is -3.70. The monoisotopic (exact) mass is 558 g/mol. The molecule has 0 N–H and O–H groups in total. The third-order valence-corrected chi connectivity index (χ3v) is 7.85. The van der Waals surface area contributed by atoms with Crippen LogP contribution in [0.5, 0.6) is 11.5 Å². The van der Waals surface area contributed by atoms with Crippen molar-refractivity contribution in [2.45, 2.75) is 59.5 Å². The van der Waals surface area contributed by atoms with Gasteiger partial charge >= 0.3 is 0 Å². The zero-order valence-electron chi connectivity index (χ0n) is 24.8. The molecular weight excluding hydrogens is 516 g/mol.